The fraction of sp³-hybridized carbons (Fsp3) is 0.353. The minimum Gasteiger partial charge on any atom is -0.348 e. The minimum absolute atomic E-state index is 0.0179. The van der Waals surface area contributed by atoms with Gasteiger partial charge in [-0.3, -0.25) is 4.79 Å². The standard InChI is InChI=1S/C17H21N3O/c1-19-9-5-7-15(13-19)18-17(21)14-6-4-8-16(12-14)20-10-2-3-11-20/h2-4,6,8,10-12,15H,5,7,9,13H2,1H3,(H,18,21)/t15-/m1/s1. The number of hydrogen-bond donors (Lipinski definition) is 1. The number of aromatic nitrogens is 1. The summed E-state index contributed by atoms with van der Waals surface area (Å²) in [4.78, 5) is 14.7. The SMILES string of the molecule is CN1CCC[C@@H](NC(=O)c2cccc(-n3cccc3)c2)C1. The normalized spacial score (nSPS) is 19.4. The first-order valence-corrected chi connectivity index (χ1v) is 7.45. The molecule has 1 amide bonds. The lowest BCUT2D eigenvalue weighted by Gasteiger charge is -2.30. The highest BCUT2D eigenvalue weighted by atomic mass is 16.1. The van der Waals surface area contributed by atoms with Crippen LogP contribution in [0.3, 0.4) is 0 Å². The van der Waals surface area contributed by atoms with Crippen molar-refractivity contribution in [1.29, 1.82) is 0 Å². The number of likely N-dealkylation sites (tertiary alicyclic amines) is 1. The molecule has 0 bridgehead atoms. The molecule has 0 spiro atoms. The molecular formula is C17H21N3O. The Kier molecular flexibility index (Phi) is 4.06. The van der Waals surface area contributed by atoms with E-state index in [-0.39, 0.29) is 11.9 Å². The Morgan fingerprint density at radius 1 is 1.24 bits per heavy atom. The summed E-state index contributed by atoms with van der Waals surface area (Å²) in [5, 5.41) is 3.15. The summed E-state index contributed by atoms with van der Waals surface area (Å²) in [6.07, 6.45) is 6.17. The van der Waals surface area contributed by atoms with Gasteiger partial charge in [-0.05, 0) is 56.8 Å². The fourth-order valence-corrected chi connectivity index (χ4v) is 2.87. The molecule has 2 aromatic rings. The Labute approximate surface area is 125 Å². The number of nitrogens with zero attached hydrogens (tertiary/aromatic N) is 2. The predicted molar refractivity (Wildman–Crippen MR) is 83.8 cm³/mol. The van der Waals surface area contributed by atoms with Crippen LogP contribution >= 0.6 is 0 Å². The lowest BCUT2D eigenvalue weighted by molar-refractivity contribution is 0.0912. The molecule has 4 nitrogen and oxygen atoms in total. The lowest BCUT2D eigenvalue weighted by atomic mass is 10.1. The molecule has 0 aliphatic carbocycles. The van der Waals surface area contributed by atoms with Gasteiger partial charge in [0, 0.05) is 36.2 Å². The molecule has 1 aliphatic heterocycles. The van der Waals surface area contributed by atoms with Crippen molar-refractivity contribution in [1.82, 2.24) is 14.8 Å². The molecule has 2 heterocycles. The average molecular weight is 283 g/mol. The second-order valence-electron chi connectivity index (χ2n) is 5.72. The first-order valence-electron chi connectivity index (χ1n) is 7.45. The zero-order valence-corrected chi connectivity index (χ0v) is 12.3. The van der Waals surface area contributed by atoms with E-state index < -0.39 is 0 Å². The first kappa shape index (κ1) is 13.9. The molecule has 0 radical (unpaired) electrons. The number of benzene rings is 1. The third-order valence-electron chi connectivity index (χ3n) is 3.97. The average Bonchev–Trinajstić information content (AvgIpc) is 3.02. The number of nitrogens with one attached hydrogen (secondary N) is 1. The van der Waals surface area contributed by atoms with Gasteiger partial charge in [0.15, 0.2) is 0 Å². The van der Waals surface area contributed by atoms with Crippen LogP contribution in [0.15, 0.2) is 48.8 Å². The van der Waals surface area contributed by atoms with Crippen LogP contribution in [-0.4, -0.2) is 41.6 Å². The minimum atomic E-state index is 0.0179. The summed E-state index contributed by atoms with van der Waals surface area (Å²) in [6.45, 7) is 2.05. The van der Waals surface area contributed by atoms with E-state index in [1.54, 1.807) is 0 Å². The van der Waals surface area contributed by atoms with Crippen molar-refractivity contribution in [3.63, 3.8) is 0 Å². The highest BCUT2D eigenvalue weighted by molar-refractivity contribution is 5.94. The van der Waals surface area contributed by atoms with Crippen LogP contribution in [-0.2, 0) is 0 Å². The van der Waals surface area contributed by atoms with Gasteiger partial charge < -0.3 is 14.8 Å². The van der Waals surface area contributed by atoms with E-state index in [1.807, 2.05) is 53.4 Å². The second kappa shape index (κ2) is 6.14. The summed E-state index contributed by atoms with van der Waals surface area (Å²) in [5.41, 5.74) is 1.72. The highest BCUT2D eigenvalue weighted by Gasteiger charge is 2.19. The van der Waals surface area contributed by atoms with Crippen molar-refractivity contribution < 1.29 is 4.79 Å². The van der Waals surface area contributed by atoms with Gasteiger partial charge in [0.1, 0.15) is 0 Å². The maximum Gasteiger partial charge on any atom is 0.251 e. The molecule has 3 rings (SSSR count). The van der Waals surface area contributed by atoms with Crippen LogP contribution in [0.25, 0.3) is 5.69 Å². The molecule has 1 aromatic heterocycles. The van der Waals surface area contributed by atoms with Gasteiger partial charge in [0.05, 0.1) is 0 Å². The van der Waals surface area contributed by atoms with E-state index in [1.165, 1.54) is 0 Å². The van der Waals surface area contributed by atoms with Gasteiger partial charge in [-0.1, -0.05) is 6.07 Å². The summed E-state index contributed by atoms with van der Waals surface area (Å²) in [7, 11) is 2.10. The molecule has 1 aliphatic rings. The van der Waals surface area contributed by atoms with Gasteiger partial charge in [0.2, 0.25) is 0 Å². The molecule has 0 saturated carbocycles. The predicted octanol–water partition coefficient (Wildman–Crippen LogP) is 2.30. The Morgan fingerprint density at radius 2 is 2.05 bits per heavy atom. The summed E-state index contributed by atoms with van der Waals surface area (Å²) >= 11 is 0. The van der Waals surface area contributed by atoms with Gasteiger partial charge in [-0.25, -0.2) is 0 Å². The second-order valence-corrected chi connectivity index (χ2v) is 5.72. The summed E-state index contributed by atoms with van der Waals surface area (Å²) in [6, 6.07) is 11.9. The molecular weight excluding hydrogens is 262 g/mol. The number of hydrogen-bond acceptors (Lipinski definition) is 2. The largest absolute Gasteiger partial charge is 0.348 e. The number of likely N-dealkylation sites (N-methyl/N-ethyl adjacent to an activating group) is 1. The van der Waals surface area contributed by atoms with Crippen molar-refractivity contribution in [3.8, 4) is 5.69 Å². The summed E-state index contributed by atoms with van der Waals surface area (Å²) < 4.78 is 2.01. The molecule has 1 aromatic carbocycles. The number of rotatable bonds is 3. The molecule has 1 fully saturated rings. The number of carbonyl (C=O) groups is 1. The van der Waals surface area contributed by atoms with Crippen molar-refractivity contribution in [2.45, 2.75) is 18.9 Å². The van der Waals surface area contributed by atoms with E-state index in [9.17, 15) is 4.79 Å². The van der Waals surface area contributed by atoms with Crippen molar-refractivity contribution in [3.05, 3.63) is 54.4 Å². The number of amides is 1. The quantitative estimate of drug-likeness (QED) is 0.938. The van der Waals surface area contributed by atoms with E-state index in [4.69, 9.17) is 0 Å². The van der Waals surface area contributed by atoms with Gasteiger partial charge in [-0.15, -0.1) is 0 Å². The van der Waals surface area contributed by atoms with Crippen molar-refractivity contribution in [2.75, 3.05) is 20.1 Å². The van der Waals surface area contributed by atoms with Crippen molar-refractivity contribution in [2.24, 2.45) is 0 Å². The van der Waals surface area contributed by atoms with Gasteiger partial charge in [0.25, 0.3) is 5.91 Å². The van der Waals surface area contributed by atoms with Crippen LogP contribution in [0.5, 0.6) is 0 Å². The molecule has 110 valence electrons. The monoisotopic (exact) mass is 283 g/mol. The summed E-state index contributed by atoms with van der Waals surface area (Å²) in [5.74, 6) is 0.0179. The smallest absolute Gasteiger partial charge is 0.251 e. The zero-order chi connectivity index (χ0) is 14.7. The van der Waals surface area contributed by atoms with Gasteiger partial charge in [-0.2, -0.15) is 0 Å². The van der Waals surface area contributed by atoms with E-state index in [2.05, 4.69) is 17.3 Å². The van der Waals surface area contributed by atoms with Crippen LogP contribution in [0, 0.1) is 0 Å². The van der Waals surface area contributed by atoms with Crippen LogP contribution in [0.1, 0.15) is 23.2 Å². The fourth-order valence-electron chi connectivity index (χ4n) is 2.87. The van der Waals surface area contributed by atoms with Crippen LogP contribution < -0.4 is 5.32 Å². The molecule has 1 saturated heterocycles. The van der Waals surface area contributed by atoms with E-state index >= 15 is 0 Å². The molecule has 1 atom stereocenters. The van der Waals surface area contributed by atoms with Crippen LogP contribution in [0.4, 0.5) is 0 Å². The van der Waals surface area contributed by atoms with Crippen molar-refractivity contribution >= 4 is 5.91 Å². The topological polar surface area (TPSA) is 37.3 Å². The van der Waals surface area contributed by atoms with E-state index in [0.717, 1.165) is 37.2 Å². The van der Waals surface area contributed by atoms with Crippen LogP contribution in [0.2, 0.25) is 0 Å². The van der Waals surface area contributed by atoms with Gasteiger partial charge >= 0.3 is 0 Å². The molecule has 1 N–H and O–H groups in total. The Morgan fingerprint density at radius 3 is 2.81 bits per heavy atom. The molecule has 4 heteroatoms. The Bertz CT molecular complexity index is 606. The third-order valence-corrected chi connectivity index (χ3v) is 3.97. The molecule has 0 unspecified atom stereocenters. The Balaban J connectivity index is 1.71. The maximum absolute atomic E-state index is 12.4. The molecule has 21 heavy (non-hydrogen) atoms. The number of piperidine rings is 1. The Hall–Kier alpha value is -2.07. The first-order chi connectivity index (χ1) is 10.2. The highest BCUT2D eigenvalue weighted by Crippen LogP contribution is 2.13. The zero-order valence-electron chi connectivity index (χ0n) is 12.3. The third kappa shape index (κ3) is 3.34. The number of carbonyl (C=O) groups excluding carboxylic acids is 1. The van der Waals surface area contributed by atoms with E-state index in [0.29, 0.717) is 0 Å². The lowest BCUT2D eigenvalue weighted by Crippen LogP contribution is -2.46. The maximum atomic E-state index is 12.4.